The van der Waals surface area contributed by atoms with Crippen LogP contribution in [-0.2, 0) is 6.42 Å². The lowest BCUT2D eigenvalue weighted by molar-refractivity contribution is 0.477. The van der Waals surface area contributed by atoms with Gasteiger partial charge in [-0.15, -0.1) is 0 Å². The number of phenolic OH excluding ortho intramolecular Hbond substituents is 1. The number of aryl methyl sites for hydroxylation is 1. The van der Waals surface area contributed by atoms with E-state index in [1.54, 1.807) is 6.07 Å². The Bertz CT molecular complexity index is 1150. The van der Waals surface area contributed by atoms with Crippen LogP contribution < -0.4 is 4.90 Å². The molecule has 0 aliphatic rings. The first-order chi connectivity index (χ1) is 15.7. The van der Waals surface area contributed by atoms with Gasteiger partial charge < -0.3 is 10.0 Å². The Kier molecular flexibility index (Phi) is 8.02. The summed E-state index contributed by atoms with van der Waals surface area (Å²) >= 11 is 0. The number of rotatable bonds is 8. The molecule has 0 aliphatic carbocycles. The van der Waals surface area contributed by atoms with Crippen molar-refractivity contribution in [3.63, 3.8) is 0 Å². The third kappa shape index (κ3) is 5.68. The molecular weight excluding hydrogens is 402 g/mol. The van der Waals surface area contributed by atoms with E-state index in [4.69, 9.17) is 0 Å². The summed E-state index contributed by atoms with van der Waals surface area (Å²) in [6.07, 6.45) is 5.59. The molecule has 33 heavy (non-hydrogen) atoms. The summed E-state index contributed by atoms with van der Waals surface area (Å²) in [5.74, 6) is 0.684. The number of allylic oxidation sites excluding steroid dienone is 2. The topological polar surface area (TPSA) is 23.5 Å². The zero-order chi connectivity index (χ0) is 24.1. The molecule has 3 rings (SSSR count). The lowest BCUT2D eigenvalue weighted by Gasteiger charge is -2.28. The van der Waals surface area contributed by atoms with Gasteiger partial charge in [0.25, 0.3) is 0 Å². The van der Waals surface area contributed by atoms with Gasteiger partial charge in [-0.1, -0.05) is 80.5 Å². The molecule has 3 aromatic rings. The van der Waals surface area contributed by atoms with Gasteiger partial charge in [0.1, 0.15) is 5.75 Å². The Labute approximate surface area is 200 Å². The van der Waals surface area contributed by atoms with E-state index in [2.05, 4.69) is 89.8 Å². The molecule has 0 radical (unpaired) electrons. The summed E-state index contributed by atoms with van der Waals surface area (Å²) in [5.41, 5.74) is 8.59. The van der Waals surface area contributed by atoms with Crippen LogP contribution >= 0.6 is 0 Å². The van der Waals surface area contributed by atoms with Crippen molar-refractivity contribution in [2.75, 3.05) is 18.0 Å². The smallest absolute Gasteiger partial charge is 0.123 e. The summed E-state index contributed by atoms with van der Waals surface area (Å²) in [5, 5.41) is 13.2. The second-order valence-electron chi connectivity index (χ2n) is 9.73. The number of benzene rings is 3. The third-order valence-corrected chi connectivity index (χ3v) is 6.20. The number of hydrogen-bond donors (Lipinski definition) is 1. The summed E-state index contributed by atoms with van der Waals surface area (Å²) in [4.78, 5) is 2.49. The van der Waals surface area contributed by atoms with Gasteiger partial charge in [-0.25, -0.2) is 0 Å². The summed E-state index contributed by atoms with van der Waals surface area (Å²) in [7, 11) is 0. The van der Waals surface area contributed by atoms with Crippen molar-refractivity contribution in [3.05, 3.63) is 83.0 Å². The molecule has 0 bridgehead atoms. The Morgan fingerprint density at radius 1 is 0.879 bits per heavy atom. The fourth-order valence-electron chi connectivity index (χ4n) is 4.33. The van der Waals surface area contributed by atoms with Crippen LogP contribution in [0.4, 0.5) is 5.69 Å². The van der Waals surface area contributed by atoms with Crippen molar-refractivity contribution in [2.24, 2.45) is 0 Å². The minimum Gasteiger partial charge on any atom is -0.507 e. The van der Waals surface area contributed by atoms with Gasteiger partial charge in [-0.05, 0) is 74.2 Å². The number of anilines is 1. The highest BCUT2D eigenvalue weighted by molar-refractivity contribution is 6.00. The van der Waals surface area contributed by atoms with Crippen molar-refractivity contribution >= 4 is 16.5 Å². The first kappa shape index (κ1) is 24.6. The number of phenols is 1. The average molecular weight is 442 g/mol. The minimum absolute atomic E-state index is 0.331. The summed E-state index contributed by atoms with van der Waals surface area (Å²) < 4.78 is 0. The maximum Gasteiger partial charge on any atom is 0.123 e. The van der Waals surface area contributed by atoms with E-state index in [9.17, 15) is 5.11 Å². The predicted octanol–water partition coefficient (Wildman–Crippen LogP) is 8.64. The monoisotopic (exact) mass is 441 g/mol. The van der Waals surface area contributed by atoms with E-state index >= 15 is 0 Å². The number of para-hydroxylation sites is 1. The molecule has 0 saturated carbocycles. The molecule has 0 atom stereocenters. The maximum absolute atomic E-state index is 10.7. The largest absolute Gasteiger partial charge is 0.507 e. The molecule has 0 aliphatic heterocycles. The number of fused-ring (bicyclic) bond motifs is 1. The van der Waals surface area contributed by atoms with Crippen LogP contribution in [0.5, 0.6) is 5.75 Å². The molecule has 0 amide bonds. The van der Waals surface area contributed by atoms with Crippen molar-refractivity contribution in [1.82, 2.24) is 0 Å². The molecule has 3 aromatic carbocycles. The SMILES string of the molecule is CCc1ccc2cc(C(C)C)c(-c3ccccc3O)cc2c1N(CC=C(C)C)CC=C(C)C. The highest BCUT2D eigenvalue weighted by atomic mass is 16.3. The molecule has 0 saturated heterocycles. The van der Waals surface area contributed by atoms with Crippen molar-refractivity contribution < 1.29 is 5.11 Å². The lowest BCUT2D eigenvalue weighted by atomic mass is 9.88. The highest BCUT2D eigenvalue weighted by Crippen LogP contribution is 2.41. The molecule has 0 unspecified atom stereocenters. The van der Waals surface area contributed by atoms with E-state index in [1.807, 2.05) is 18.2 Å². The highest BCUT2D eigenvalue weighted by Gasteiger charge is 2.18. The first-order valence-electron chi connectivity index (χ1n) is 12.1. The Morgan fingerprint density at radius 3 is 2.06 bits per heavy atom. The molecule has 1 N–H and O–H groups in total. The molecule has 0 spiro atoms. The van der Waals surface area contributed by atoms with Gasteiger partial charge in [0.05, 0.1) is 0 Å². The van der Waals surface area contributed by atoms with Gasteiger partial charge in [0.2, 0.25) is 0 Å². The number of aromatic hydroxyl groups is 1. The Balaban J connectivity index is 2.35. The summed E-state index contributed by atoms with van der Waals surface area (Å²) in [6.45, 7) is 17.1. The molecular formula is C31H39NO. The standard InChI is InChI=1S/C31H39NO/c1-8-24-13-14-25-19-27(23(6)7)29(26-11-9-10-12-30(26)33)20-28(25)31(24)32(17-15-21(2)3)18-16-22(4)5/h9-16,19-20,23,33H,8,17-18H2,1-7H3. The van der Waals surface area contributed by atoms with Crippen molar-refractivity contribution in [3.8, 4) is 16.9 Å². The van der Waals surface area contributed by atoms with Crippen molar-refractivity contribution in [2.45, 2.75) is 60.8 Å². The molecule has 0 heterocycles. The average Bonchev–Trinajstić information content (AvgIpc) is 2.77. The number of nitrogens with zero attached hydrogens (tertiary/aromatic N) is 1. The van der Waals surface area contributed by atoms with Crippen LogP contribution in [0.1, 0.15) is 65.5 Å². The van der Waals surface area contributed by atoms with Gasteiger partial charge in [-0.3, -0.25) is 0 Å². The predicted molar refractivity (Wildman–Crippen MR) is 146 cm³/mol. The van der Waals surface area contributed by atoms with Crippen LogP contribution in [0.2, 0.25) is 0 Å². The fourth-order valence-corrected chi connectivity index (χ4v) is 4.33. The van der Waals surface area contributed by atoms with Crippen LogP contribution in [0.3, 0.4) is 0 Å². The Morgan fingerprint density at radius 2 is 1.52 bits per heavy atom. The molecule has 2 heteroatoms. The molecule has 0 aromatic heterocycles. The lowest BCUT2D eigenvalue weighted by Crippen LogP contribution is -2.25. The Hall–Kier alpha value is -3.00. The zero-order valence-corrected chi connectivity index (χ0v) is 21.4. The van der Waals surface area contributed by atoms with Crippen molar-refractivity contribution in [1.29, 1.82) is 0 Å². The third-order valence-electron chi connectivity index (χ3n) is 6.20. The molecule has 174 valence electrons. The fraction of sp³-hybridized carbons (Fsp3) is 0.355. The second-order valence-corrected chi connectivity index (χ2v) is 9.73. The zero-order valence-electron chi connectivity index (χ0n) is 21.4. The van der Waals surface area contributed by atoms with E-state index in [1.165, 1.54) is 38.7 Å². The second kappa shape index (κ2) is 10.7. The number of hydrogen-bond acceptors (Lipinski definition) is 2. The van der Waals surface area contributed by atoms with Gasteiger partial charge in [-0.2, -0.15) is 0 Å². The van der Waals surface area contributed by atoms with E-state index in [-0.39, 0.29) is 0 Å². The van der Waals surface area contributed by atoms with Crippen LogP contribution in [0.15, 0.2) is 71.8 Å². The van der Waals surface area contributed by atoms with Gasteiger partial charge in [0, 0.05) is 29.7 Å². The maximum atomic E-state index is 10.7. The minimum atomic E-state index is 0.331. The van der Waals surface area contributed by atoms with Crippen LogP contribution in [0, 0.1) is 0 Å². The molecule has 0 fully saturated rings. The van der Waals surface area contributed by atoms with E-state index < -0.39 is 0 Å². The first-order valence-corrected chi connectivity index (χ1v) is 12.1. The summed E-state index contributed by atoms with van der Waals surface area (Å²) in [6, 6.07) is 16.9. The van der Waals surface area contributed by atoms with Gasteiger partial charge in [0.15, 0.2) is 0 Å². The normalized spacial score (nSPS) is 11.0. The van der Waals surface area contributed by atoms with E-state index in [0.717, 1.165) is 30.6 Å². The van der Waals surface area contributed by atoms with Crippen LogP contribution in [0.25, 0.3) is 21.9 Å². The quantitative estimate of drug-likeness (QED) is 0.354. The molecule has 2 nitrogen and oxygen atoms in total. The van der Waals surface area contributed by atoms with Crippen LogP contribution in [-0.4, -0.2) is 18.2 Å². The van der Waals surface area contributed by atoms with E-state index in [0.29, 0.717) is 11.7 Å². The van der Waals surface area contributed by atoms with Gasteiger partial charge >= 0.3 is 0 Å².